The van der Waals surface area contributed by atoms with E-state index in [1.807, 2.05) is 44.2 Å². The average Bonchev–Trinajstić information content (AvgIpc) is 2.63. The molecule has 4 nitrogen and oxygen atoms in total. The Morgan fingerprint density at radius 1 is 1.14 bits per heavy atom. The first-order chi connectivity index (χ1) is 12.8. The maximum Gasteiger partial charge on any atom is 0.225 e. The summed E-state index contributed by atoms with van der Waals surface area (Å²) in [6.07, 6.45) is 0.0908. The summed E-state index contributed by atoms with van der Waals surface area (Å²) >= 11 is 0. The molecule has 160 valence electrons. The van der Waals surface area contributed by atoms with Gasteiger partial charge in [0.05, 0.1) is 12.1 Å². The Labute approximate surface area is 173 Å². The fraction of sp³-hybridized carbons (Fsp3) is 0.696. The third-order valence-corrected chi connectivity index (χ3v) is 10.8. The van der Waals surface area contributed by atoms with Crippen molar-refractivity contribution in [3.05, 3.63) is 35.9 Å². The van der Waals surface area contributed by atoms with Crippen molar-refractivity contribution in [2.45, 2.75) is 78.2 Å². The Hall–Kier alpha value is -1.17. The molecule has 4 atom stereocenters. The standard InChI is InChI=1S/C23H41NO3Si/c1-17(16-27-28(8,9)23(4,5)6)15-18(2)22(26)24(7)19(3)21(25)20-13-11-10-12-14-20/h10-14,17-19,21,25H,15-16H2,1-9H3/t17-,18+,19-,21+/m0/s1. The molecule has 1 aromatic carbocycles. The summed E-state index contributed by atoms with van der Waals surface area (Å²) < 4.78 is 6.31. The zero-order valence-corrected chi connectivity index (χ0v) is 20.3. The van der Waals surface area contributed by atoms with Gasteiger partial charge in [-0.15, -0.1) is 0 Å². The van der Waals surface area contributed by atoms with Gasteiger partial charge in [0.25, 0.3) is 0 Å². The highest BCUT2D eigenvalue weighted by Crippen LogP contribution is 2.37. The number of aliphatic hydroxyl groups excluding tert-OH is 1. The number of amides is 1. The molecule has 0 aliphatic carbocycles. The SMILES string of the molecule is C[C@H](CO[Si](C)(C)C(C)(C)C)C[C@@H](C)C(=O)N(C)[C@@H](C)[C@@H](O)c1ccccc1. The fourth-order valence-corrected chi connectivity index (χ4v) is 4.16. The van der Waals surface area contributed by atoms with Crippen LogP contribution in [0.1, 0.15) is 59.6 Å². The summed E-state index contributed by atoms with van der Waals surface area (Å²) in [4.78, 5) is 14.6. The zero-order chi connectivity index (χ0) is 21.7. The lowest BCUT2D eigenvalue weighted by molar-refractivity contribution is -0.138. The van der Waals surface area contributed by atoms with Gasteiger partial charge in [-0.1, -0.05) is 65.0 Å². The number of aliphatic hydroxyl groups is 1. The van der Waals surface area contributed by atoms with Crippen LogP contribution in [-0.2, 0) is 9.22 Å². The molecule has 0 aliphatic rings. The molecule has 0 heterocycles. The van der Waals surface area contributed by atoms with Gasteiger partial charge in [-0.3, -0.25) is 4.79 Å². The van der Waals surface area contributed by atoms with Crippen molar-refractivity contribution in [3.8, 4) is 0 Å². The van der Waals surface area contributed by atoms with Crippen molar-refractivity contribution in [2.24, 2.45) is 11.8 Å². The number of rotatable bonds is 9. The number of benzene rings is 1. The molecule has 1 rings (SSSR count). The molecule has 1 amide bonds. The molecule has 0 aliphatic heterocycles. The van der Waals surface area contributed by atoms with E-state index < -0.39 is 14.4 Å². The van der Waals surface area contributed by atoms with E-state index in [-0.39, 0.29) is 22.9 Å². The summed E-state index contributed by atoms with van der Waals surface area (Å²) in [7, 11) is 0.0178. The molecular formula is C23H41NO3Si. The van der Waals surface area contributed by atoms with Crippen LogP contribution >= 0.6 is 0 Å². The summed E-state index contributed by atoms with van der Waals surface area (Å²) in [5.74, 6) is 0.283. The van der Waals surface area contributed by atoms with Crippen LogP contribution in [0.25, 0.3) is 0 Å². The first-order valence-electron chi connectivity index (χ1n) is 10.4. The van der Waals surface area contributed by atoms with Gasteiger partial charge in [0, 0.05) is 19.6 Å². The molecule has 1 N–H and O–H groups in total. The van der Waals surface area contributed by atoms with E-state index in [4.69, 9.17) is 4.43 Å². The highest BCUT2D eigenvalue weighted by atomic mass is 28.4. The maximum atomic E-state index is 12.9. The highest BCUT2D eigenvalue weighted by molar-refractivity contribution is 6.74. The molecule has 0 radical (unpaired) electrons. The minimum Gasteiger partial charge on any atom is -0.417 e. The molecule has 0 unspecified atom stereocenters. The van der Waals surface area contributed by atoms with E-state index in [1.165, 1.54) is 0 Å². The smallest absolute Gasteiger partial charge is 0.225 e. The number of nitrogens with zero attached hydrogens (tertiary/aromatic N) is 1. The van der Waals surface area contributed by atoms with Gasteiger partial charge in [-0.25, -0.2) is 0 Å². The summed E-state index contributed by atoms with van der Waals surface area (Å²) in [6.45, 7) is 18.0. The second-order valence-corrected chi connectivity index (χ2v) is 14.7. The third-order valence-electron chi connectivity index (χ3n) is 6.27. The lowest BCUT2D eigenvalue weighted by Crippen LogP contribution is -2.43. The minimum absolute atomic E-state index is 0.0710. The number of carbonyl (C=O) groups is 1. The molecule has 5 heteroatoms. The Bertz CT molecular complexity index is 612. The van der Waals surface area contributed by atoms with Crippen molar-refractivity contribution in [1.82, 2.24) is 4.90 Å². The van der Waals surface area contributed by atoms with Crippen LogP contribution in [0.15, 0.2) is 30.3 Å². The van der Waals surface area contributed by atoms with E-state index in [1.54, 1.807) is 11.9 Å². The van der Waals surface area contributed by atoms with Crippen molar-refractivity contribution in [3.63, 3.8) is 0 Å². The molecule has 0 spiro atoms. The third kappa shape index (κ3) is 6.71. The number of hydrogen-bond acceptors (Lipinski definition) is 3. The predicted molar refractivity (Wildman–Crippen MR) is 120 cm³/mol. The van der Waals surface area contributed by atoms with Gasteiger partial charge >= 0.3 is 0 Å². The van der Waals surface area contributed by atoms with Crippen molar-refractivity contribution in [2.75, 3.05) is 13.7 Å². The van der Waals surface area contributed by atoms with Crippen molar-refractivity contribution >= 4 is 14.2 Å². The second kappa shape index (κ2) is 10.0. The van der Waals surface area contributed by atoms with Crippen LogP contribution < -0.4 is 0 Å². The monoisotopic (exact) mass is 407 g/mol. The van der Waals surface area contributed by atoms with Gasteiger partial charge < -0.3 is 14.4 Å². The first kappa shape index (κ1) is 24.9. The van der Waals surface area contributed by atoms with Crippen LogP contribution in [0.5, 0.6) is 0 Å². The van der Waals surface area contributed by atoms with E-state index >= 15 is 0 Å². The highest BCUT2D eigenvalue weighted by Gasteiger charge is 2.37. The van der Waals surface area contributed by atoms with E-state index in [0.717, 1.165) is 12.0 Å². The largest absolute Gasteiger partial charge is 0.417 e. The molecule has 0 bridgehead atoms. The lowest BCUT2D eigenvalue weighted by atomic mass is 9.95. The summed E-state index contributed by atoms with van der Waals surface area (Å²) in [6, 6.07) is 9.23. The van der Waals surface area contributed by atoms with Gasteiger partial charge in [-0.2, -0.15) is 0 Å². The molecule has 28 heavy (non-hydrogen) atoms. The Balaban J connectivity index is 2.61. The van der Waals surface area contributed by atoms with Crippen molar-refractivity contribution in [1.29, 1.82) is 0 Å². The summed E-state index contributed by atoms with van der Waals surface area (Å²) in [5, 5.41) is 10.8. The van der Waals surface area contributed by atoms with Gasteiger partial charge in [0.2, 0.25) is 5.91 Å². The topological polar surface area (TPSA) is 49.8 Å². The predicted octanol–water partition coefficient (Wildman–Crippen LogP) is 5.25. The minimum atomic E-state index is -1.77. The van der Waals surface area contributed by atoms with Gasteiger partial charge in [-0.05, 0) is 43.0 Å². The molecule has 1 aromatic rings. The van der Waals surface area contributed by atoms with E-state index in [0.29, 0.717) is 12.5 Å². The Morgan fingerprint density at radius 2 is 1.68 bits per heavy atom. The molecular weight excluding hydrogens is 366 g/mol. The lowest BCUT2D eigenvalue weighted by Gasteiger charge is -2.37. The number of carbonyl (C=O) groups excluding carboxylic acids is 1. The quantitative estimate of drug-likeness (QED) is 0.569. The van der Waals surface area contributed by atoms with Crippen LogP contribution in [0.2, 0.25) is 18.1 Å². The summed E-state index contributed by atoms with van der Waals surface area (Å²) in [5.41, 5.74) is 0.832. The molecule has 0 aromatic heterocycles. The van der Waals surface area contributed by atoms with Gasteiger partial charge in [0.15, 0.2) is 8.32 Å². The fourth-order valence-electron chi connectivity index (χ4n) is 3.03. The zero-order valence-electron chi connectivity index (χ0n) is 19.3. The van der Waals surface area contributed by atoms with Crippen LogP contribution in [0.3, 0.4) is 0 Å². The van der Waals surface area contributed by atoms with Gasteiger partial charge in [0.1, 0.15) is 0 Å². The Kier molecular flexibility index (Phi) is 8.91. The average molecular weight is 408 g/mol. The molecule has 0 fully saturated rings. The first-order valence-corrected chi connectivity index (χ1v) is 13.3. The number of hydrogen-bond donors (Lipinski definition) is 1. The van der Waals surface area contributed by atoms with Crippen LogP contribution in [0.4, 0.5) is 0 Å². The second-order valence-electron chi connectivity index (χ2n) is 9.86. The molecule has 0 saturated heterocycles. The van der Waals surface area contributed by atoms with Crippen molar-refractivity contribution < 1.29 is 14.3 Å². The van der Waals surface area contributed by atoms with Crippen LogP contribution in [0, 0.1) is 11.8 Å². The van der Waals surface area contributed by atoms with E-state index in [2.05, 4.69) is 40.8 Å². The Morgan fingerprint density at radius 3 is 2.18 bits per heavy atom. The molecule has 0 saturated carbocycles. The number of likely N-dealkylation sites (N-methyl/N-ethyl adjacent to an activating group) is 1. The van der Waals surface area contributed by atoms with Crippen LogP contribution in [-0.4, -0.2) is 43.9 Å². The normalized spacial score (nSPS) is 16.9. The van der Waals surface area contributed by atoms with E-state index in [9.17, 15) is 9.90 Å². The maximum absolute atomic E-state index is 12.9.